The summed E-state index contributed by atoms with van der Waals surface area (Å²) in [6, 6.07) is 0. The average molecular weight is 173 g/mol. The Morgan fingerprint density at radius 2 is 2.00 bits per heavy atom. The minimum absolute atomic E-state index is 0.00857. The summed E-state index contributed by atoms with van der Waals surface area (Å²) >= 11 is 0. The van der Waals surface area contributed by atoms with Gasteiger partial charge in [-0.15, -0.1) is 0 Å². The molecular weight excluding hydrogens is 150 g/mol. The SMILES string of the molecule is CCOC(C)CCC(C)(N)CC. The Kier molecular flexibility index (Phi) is 5.51. The maximum atomic E-state index is 6.00. The van der Waals surface area contributed by atoms with Crippen molar-refractivity contribution >= 4 is 0 Å². The molecule has 0 amide bonds. The van der Waals surface area contributed by atoms with E-state index in [4.69, 9.17) is 10.5 Å². The van der Waals surface area contributed by atoms with Crippen LogP contribution in [0.25, 0.3) is 0 Å². The number of hydrogen-bond acceptors (Lipinski definition) is 2. The summed E-state index contributed by atoms with van der Waals surface area (Å²) in [5, 5.41) is 0. The molecule has 0 radical (unpaired) electrons. The molecule has 0 heterocycles. The summed E-state index contributed by atoms with van der Waals surface area (Å²) in [4.78, 5) is 0. The van der Waals surface area contributed by atoms with Gasteiger partial charge in [0.15, 0.2) is 0 Å². The topological polar surface area (TPSA) is 35.2 Å². The van der Waals surface area contributed by atoms with Crippen LogP contribution in [0.1, 0.15) is 47.0 Å². The number of rotatable bonds is 6. The molecule has 74 valence electrons. The van der Waals surface area contributed by atoms with Crippen molar-refractivity contribution in [3.63, 3.8) is 0 Å². The van der Waals surface area contributed by atoms with Crippen LogP contribution in [0.5, 0.6) is 0 Å². The summed E-state index contributed by atoms with van der Waals surface area (Å²) < 4.78 is 5.43. The molecule has 2 atom stereocenters. The summed E-state index contributed by atoms with van der Waals surface area (Å²) in [7, 11) is 0. The second-order valence-electron chi connectivity index (χ2n) is 3.81. The number of ether oxygens (including phenoxy) is 1. The van der Waals surface area contributed by atoms with Crippen molar-refractivity contribution in [1.82, 2.24) is 0 Å². The van der Waals surface area contributed by atoms with Crippen LogP contribution in [-0.4, -0.2) is 18.2 Å². The zero-order valence-electron chi connectivity index (χ0n) is 8.89. The number of nitrogens with two attached hydrogens (primary N) is 1. The third kappa shape index (κ3) is 5.56. The molecule has 0 rings (SSSR count). The zero-order valence-corrected chi connectivity index (χ0v) is 8.89. The lowest BCUT2D eigenvalue weighted by Gasteiger charge is -2.24. The van der Waals surface area contributed by atoms with Gasteiger partial charge in [0.1, 0.15) is 0 Å². The van der Waals surface area contributed by atoms with Gasteiger partial charge in [0, 0.05) is 12.1 Å². The molecule has 0 aliphatic heterocycles. The Morgan fingerprint density at radius 3 is 2.42 bits per heavy atom. The minimum atomic E-state index is -0.00857. The molecule has 2 heteroatoms. The molecule has 12 heavy (non-hydrogen) atoms. The summed E-state index contributed by atoms with van der Waals surface area (Å²) in [5.41, 5.74) is 6.00. The van der Waals surface area contributed by atoms with Crippen LogP contribution in [0, 0.1) is 0 Å². The molecule has 0 bridgehead atoms. The van der Waals surface area contributed by atoms with Gasteiger partial charge in [0.25, 0.3) is 0 Å². The standard InChI is InChI=1S/C10H23NO/c1-5-10(4,11)8-7-9(3)12-6-2/h9H,5-8,11H2,1-4H3. The van der Waals surface area contributed by atoms with E-state index < -0.39 is 0 Å². The molecule has 0 saturated carbocycles. The Hall–Kier alpha value is -0.0800. The van der Waals surface area contributed by atoms with Crippen molar-refractivity contribution in [2.24, 2.45) is 5.73 Å². The van der Waals surface area contributed by atoms with Gasteiger partial charge in [0.05, 0.1) is 6.10 Å². The van der Waals surface area contributed by atoms with E-state index in [1.165, 1.54) is 0 Å². The normalized spacial score (nSPS) is 18.8. The predicted molar refractivity (Wildman–Crippen MR) is 53.2 cm³/mol. The quantitative estimate of drug-likeness (QED) is 0.669. The van der Waals surface area contributed by atoms with Gasteiger partial charge >= 0.3 is 0 Å². The lowest BCUT2D eigenvalue weighted by atomic mass is 9.93. The van der Waals surface area contributed by atoms with E-state index in [2.05, 4.69) is 20.8 Å². The van der Waals surface area contributed by atoms with E-state index in [1.807, 2.05) is 6.92 Å². The molecule has 0 aromatic heterocycles. The lowest BCUT2D eigenvalue weighted by molar-refractivity contribution is 0.0642. The summed E-state index contributed by atoms with van der Waals surface area (Å²) in [6.45, 7) is 9.17. The maximum absolute atomic E-state index is 6.00. The van der Waals surface area contributed by atoms with Gasteiger partial charge in [-0.1, -0.05) is 6.92 Å². The zero-order chi connectivity index (χ0) is 9.61. The molecule has 0 aromatic carbocycles. The third-order valence-electron chi connectivity index (χ3n) is 2.38. The fraction of sp³-hybridized carbons (Fsp3) is 1.00. The molecule has 2 unspecified atom stereocenters. The summed E-state index contributed by atoms with van der Waals surface area (Å²) in [5.74, 6) is 0. The van der Waals surface area contributed by atoms with E-state index in [0.717, 1.165) is 25.9 Å². The van der Waals surface area contributed by atoms with E-state index in [0.29, 0.717) is 6.10 Å². The van der Waals surface area contributed by atoms with E-state index in [-0.39, 0.29) is 5.54 Å². The molecule has 0 aliphatic rings. The monoisotopic (exact) mass is 173 g/mol. The van der Waals surface area contributed by atoms with E-state index in [9.17, 15) is 0 Å². The molecule has 0 fully saturated rings. The summed E-state index contributed by atoms with van der Waals surface area (Å²) in [6.07, 6.45) is 3.50. The highest BCUT2D eigenvalue weighted by Crippen LogP contribution is 2.15. The van der Waals surface area contributed by atoms with Gasteiger partial charge in [-0.25, -0.2) is 0 Å². The number of hydrogen-bond donors (Lipinski definition) is 1. The van der Waals surface area contributed by atoms with E-state index >= 15 is 0 Å². The Balaban J connectivity index is 3.52. The van der Waals surface area contributed by atoms with Crippen LogP contribution in [0.4, 0.5) is 0 Å². The molecule has 0 aromatic rings. The molecule has 2 N–H and O–H groups in total. The predicted octanol–water partition coefficient (Wildman–Crippen LogP) is 2.32. The van der Waals surface area contributed by atoms with Crippen molar-refractivity contribution < 1.29 is 4.74 Å². The first-order chi connectivity index (χ1) is 5.52. The molecule has 0 aliphatic carbocycles. The highest BCUT2D eigenvalue weighted by atomic mass is 16.5. The third-order valence-corrected chi connectivity index (χ3v) is 2.38. The molecule has 2 nitrogen and oxygen atoms in total. The van der Waals surface area contributed by atoms with Crippen molar-refractivity contribution in [1.29, 1.82) is 0 Å². The first-order valence-corrected chi connectivity index (χ1v) is 4.92. The molecule has 0 saturated heterocycles. The highest BCUT2D eigenvalue weighted by molar-refractivity contribution is 4.77. The Morgan fingerprint density at radius 1 is 1.42 bits per heavy atom. The Labute approximate surface area is 76.5 Å². The van der Waals surface area contributed by atoms with Crippen molar-refractivity contribution in [3.05, 3.63) is 0 Å². The fourth-order valence-corrected chi connectivity index (χ4v) is 1.08. The van der Waals surface area contributed by atoms with Gasteiger partial charge in [0.2, 0.25) is 0 Å². The van der Waals surface area contributed by atoms with Crippen LogP contribution < -0.4 is 5.73 Å². The van der Waals surface area contributed by atoms with Crippen LogP contribution in [0.15, 0.2) is 0 Å². The van der Waals surface area contributed by atoms with Crippen molar-refractivity contribution in [2.45, 2.75) is 58.6 Å². The van der Waals surface area contributed by atoms with E-state index in [1.54, 1.807) is 0 Å². The van der Waals surface area contributed by atoms with Gasteiger partial charge in [-0.3, -0.25) is 0 Å². The fourth-order valence-electron chi connectivity index (χ4n) is 1.08. The van der Waals surface area contributed by atoms with Gasteiger partial charge in [-0.05, 0) is 40.0 Å². The van der Waals surface area contributed by atoms with Gasteiger partial charge in [-0.2, -0.15) is 0 Å². The minimum Gasteiger partial charge on any atom is -0.379 e. The second-order valence-corrected chi connectivity index (χ2v) is 3.81. The first kappa shape index (κ1) is 11.9. The van der Waals surface area contributed by atoms with Crippen molar-refractivity contribution in [3.8, 4) is 0 Å². The smallest absolute Gasteiger partial charge is 0.0547 e. The largest absolute Gasteiger partial charge is 0.379 e. The molecule has 0 spiro atoms. The highest BCUT2D eigenvalue weighted by Gasteiger charge is 2.16. The lowest BCUT2D eigenvalue weighted by Crippen LogP contribution is -2.36. The van der Waals surface area contributed by atoms with Crippen LogP contribution in [0.2, 0.25) is 0 Å². The van der Waals surface area contributed by atoms with Crippen LogP contribution in [0.3, 0.4) is 0 Å². The Bertz CT molecular complexity index is 112. The van der Waals surface area contributed by atoms with Crippen molar-refractivity contribution in [2.75, 3.05) is 6.61 Å². The first-order valence-electron chi connectivity index (χ1n) is 4.92. The second kappa shape index (κ2) is 5.55. The van der Waals surface area contributed by atoms with Gasteiger partial charge < -0.3 is 10.5 Å². The maximum Gasteiger partial charge on any atom is 0.0547 e. The molecular formula is C10H23NO. The van der Waals surface area contributed by atoms with Crippen LogP contribution >= 0.6 is 0 Å². The van der Waals surface area contributed by atoms with Crippen LogP contribution in [-0.2, 0) is 4.74 Å². The average Bonchev–Trinajstić information content (AvgIpc) is 2.02.